The molecule has 368 valence electrons. The number of para-hydroxylation sites is 2. The maximum absolute atomic E-state index is 14.6. The van der Waals surface area contributed by atoms with Crippen LogP contribution in [-0.4, -0.2) is 49.9 Å². The molecule has 0 bridgehead atoms. The molecule has 0 radical (unpaired) electrons. The van der Waals surface area contributed by atoms with Crippen molar-refractivity contribution in [3.05, 3.63) is 178 Å². The number of hydrogen-bond donors (Lipinski definition) is 0. The van der Waals surface area contributed by atoms with E-state index < -0.39 is 11.8 Å². The Hall–Kier alpha value is -7.86. The van der Waals surface area contributed by atoms with E-state index in [0.29, 0.717) is 71.1 Å². The summed E-state index contributed by atoms with van der Waals surface area (Å²) < 4.78 is 21.6. The molecule has 0 saturated heterocycles. The van der Waals surface area contributed by atoms with Gasteiger partial charge < -0.3 is 18.9 Å². The lowest BCUT2D eigenvalue weighted by atomic mass is 9.82. The van der Waals surface area contributed by atoms with E-state index in [4.69, 9.17) is 18.9 Å². The minimum absolute atomic E-state index is 0.156. The number of hydrogen-bond acceptors (Lipinski definition) is 10. The van der Waals surface area contributed by atoms with E-state index in [1.54, 1.807) is 58.3 Å². The summed E-state index contributed by atoms with van der Waals surface area (Å²) in [7, 11) is 2.76. The van der Waals surface area contributed by atoms with E-state index in [1.165, 1.54) is 14.2 Å². The number of methoxy groups -OCH3 is 2. The number of anilines is 4. The van der Waals surface area contributed by atoms with Crippen LogP contribution in [0.15, 0.2) is 133 Å². The number of ether oxygens (including phenoxy) is 4. The maximum Gasteiger partial charge on any atom is 0.314 e. The van der Waals surface area contributed by atoms with Crippen LogP contribution in [0.2, 0.25) is 0 Å². The van der Waals surface area contributed by atoms with Gasteiger partial charge in [0.25, 0.3) is 11.8 Å². The Morgan fingerprint density at radius 2 is 0.750 bits per heavy atom. The maximum atomic E-state index is 14.6. The molecule has 3 aliphatic rings. The summed E-state index contributed by atoms with van der Waals surface area (Å²) in [6.07, 6.45) is 9.04. The van der Waals surface area contributed by atoms with Crippen LogP contribution >= 0.6 is 0 Å². The molecule has 9 rings (SSSR count). The van der Waals surface area contributed by atoms with Crippen LogP contribution in [0.3, 0.4) is 0 Å². The lowest BCUT2D eigenvalue weighted by molar-refractivity contribution is -0.145. The Labute approximate surface area is 419 Å². The Morgan fingerprint density at radius 1 is 0.417 bits per heavy atom. The van der Waals surface area contributed by atoms with Gasteiger partial charge in [-0.1, -0.05) is 48.5 Å². The Morgan fingerprint density at radius 3 is 1.10 bits per heavy atom. The van der Waals surface area contributed by atoms with Crippen molar-refractivity contribution in [2.45, 2.75) is 89.9 Å². The molecule has 0 atom stereocenters. The highest BCUT2D eigenvalue weighted by molar-refractivity contribution is 6.13. The highest BCUT2D eigenvalue weighted by Gasteiger charge is 2.33. The molecule has 12 nitrogen and oxygen atoms in total. The number of carbonyl (C=O) groups is 6. The monoisotopic (exact) mass is 966 g/mol. The zero-order chi connectivity index (χ0) is 50.1. The number of esters is 4. The third-order valence-electron chi connectivity index (χ3n) is 14.3. The normalized spacial score (nSPS) is 16.0. The van der Waals surface area contributed by atoms with Gasteiger partial charge in [0, 0.05) is 33.9 Å². The molecule has 1 fully saturated rings. The molecule has 0 aliphatic heterocycles. The van der Waals surface area contributed by atoms with E-state index in [9.17, 15) is 28.8 Å². The average molecular weight is 967 g/mol. The molecule has 6 aromatic carbocycles. The minimum atomic E-state index is -0.403. The van der Waals surface area contributed by atoms with E-state index in [0.717, 1.165) is 84.7 Å². The van der Waals surface area contributed by atoms with Crippen molar-refractivity contribution >= 4 is 58.4 Å². The molecule has 0 heterocycles. The molecule has 0 spiro atoms. The lowest BCUT2D eigenvalue weighted by Gasteiger charge is -2.28. The van der Waals surface area contributed by atoms with Gasteiger partial charge in [-0.15, -0.1) is 0 Å². The van der Waals surface area contributed by atoms with Gasteiger partial charge in [-0.25, -0.2) is 0 Å². The Balaban J connectivity index is 0.828. The highest BCUT2D eigenvalue weighted by atomic mass is 16.5. The number of fused-ring (bicyclic) bond motifs is 2. The average Bonchev–Trinajstić information content (AvgIpc) is 3.42. The van der Waals surface area contributed by atoms with Gasteiger partial charge in [0.05, 0.1) is 38.9 Å². The van der Waals surface area contributed by atoms with E-state index >= 15 is 0 Å². The lowest BCUT2D eigenvalue weighted by Crippen LogP contribution is -2.30. The fraction of sp³-hybridized carbons (Fsp3) is 0.300. The molecule has 0 N–H and O–H groups in total. The van der Waals surface area contributed by atoms with Crippen LogP contribution in [0.4, 0.5) is 22.7 Å². The van der Waals surface area contributed by atoms with Crippen LogP contribution in [0.25, 0.3) is 0 Å². The summed E-state index contributed by atoms with van der Waals surface area (Å²) >= 11 is 0. The summed E-state index contributed by atoms with van der Waals surface area (Å²) in [5, 5.41) is 0. The SMILES string of the molecule is COC(=O)Cc1ccc(C(=O)N(c2ccccc2)c2ccc(OC(=O)[C@H]3CC[C@H](C(=O)Oc4ccc(N(C(=O)c5ccc(CC(=O)OC)c6c5CCCC6)c5ccccc5)cc4)CC3)cc2)c2c1CCCC2. The molecule has 72 heavy (non-hydrogen) atoms. The van der Waals surface area contributed by atoms with Gasteiger partial charge in [-0.3, -0.25) is 38.6 Å². The molecule has 2 amide bonds. The summed E-state index contributed by atoms with van der Waals surface area (Å²) in [5.41, 5.74) is 9.54. The second kappa shape index (κ2) is 22.5. The smallest absolute Gasteiger partial charge is 0.314 e. The third-order valence-corrected chi connectivity index (χ3v) is 14.3. The van der Waals surface area contributed by atoms with Crippen LogP contribution in [0, 0.1) is 11.8 Å². The minimum Gasteiger partial charge on any atom is -0.469 e. The van der Waals surface area contributed by atoms with Gasteiger partial charge >= 0.3 is 23.9 Å². The summed E-state index contributed by atoms with van der Waals surface area (Å²) in [6.45, 7) is 0. The zero-order valence-corrected chi connectivity index (χ0v) is 40.7. The first-order chi connectivity index (χ1) is 35.1. The van der Waals surface area contributed by atoms with Gasteiger partial charge in [-0.05, 0) is 195 Å². The van der Waals surface area contributed by atoms with Crippen LogP contribution < -0.4 is 19.3 Å². The summed E-state index contributed by atoms with van der Waals surface area (Å²) in [5.74, 6) is -1.90. The van der Waals surface area contributed by atoms with Gasteiger partial charge in [0.15, 0.2) is 0 Å². The molecule has 1 saturated carbocycles. The first-order valence-corrected chi connectivity index (χ1v) is 24.9. The molecular weight excluding hydrogens is 909 g/mol. The van der Waals surface area contributed by atoms with E-state index in [2.05, 4.69) is 0 Å². The van der Waals surface area contributed by atoms with Gasteiger partial charge in [0.2, 0.25) is 0 Å². The predicted octanol–water partition coefficient (Wildman–Crippen LogP) is 11.1. The summed E-state index contributed by atoms with van der Waals surface area (Å²) in [4.78, 5) is 83.9. The number of rotatable bonds is 14. The first-order valence-electron chi connectivity index (χ1n) is 24.9. The second-order valence-electron chi connectivity index (χ2n) is 18.7. The van der Waals surface area contributed by atoms with Crippen LogP contribution in [0.5, 0.6) is 11.5 Å². The van der Waals surface area contributed by atoms with Crippen molar-refractivity contribution in [2.75, 3.05) is 24.0 Å². The van der Waals surface area contributed by atoms with Crippen molar-refractivity contribution in [1.29, 1.82) is 0 Å². The molecule has 12 heteroatoms. The Bertz CT molecular complexity index is 2760. The first kappa shape index (κ1) is 49.1. The second-order valence-corrected chi connectivity index (χ2v) is 18.7. The molecule has 0 aromatic heterocycles. The topological polar surface area (TPSA) is 146 Å². The number of benzene rings is 6. The molecule has 3 aliphatic carbocycles. The predicted molar refractivity (Wildman–Crippen MR) is 273 cm³/mol. The van der Waals surface area contributed by atoms with Gasteiger partial charge in [-0.2, -0.15) is 0 Å². The molecule has 0 unspecified atom stereocenters. The molecule has 6 aromatic rings. The molecular formula is C60H58N2O10. The largest absolute Gasteiger partial charge is 0.469 e. The van der Waals surface area contributed by atoms with E-state index in [1.807, 2.05) is 84.9 Å². The number of carbonyl (C=O) groups excluding carboxylic acids is 6. The number of nitrogens with zero attached hydrogens (tertiary/aromatic N) is 2. The van der Waals surface area contributed by atoms with Crippen molar-refractivity contribution in [3.8, 4) is 11.5 Å². The highest BCUT2D eigenvalue weighted by Crippen LogP contribution is 2.37. The quantitative estimate of drug-likeness (QED) is 0.0763. The van der Waals surface area contributed by atoms with Crippen LogP contribution in [-0.2, 0) is 67.2 Å². The number of amides is 2. The van der Waals surface area contributed by atoms with Crippen molar-refractivity contribution in [1.82, 2.24) is 0 Å². The Kier molecular flexibility index (Phi) is 15.3. The summed E-state index contributed by atoms with van der Waals surface area (Å²) in [6, 6.07) is 40.0. The van der Waals surface area contributed by atoms with Crippen LogP contribution in [0.1, 0.15) is 105 Å². The standard InChI is InChI=1S/C60H58N2O10/c1-69-55(63)37-41-25-35-53(51-19-11-9-17-49(41)51)57(65)61(43-13-5-3-6-14-43)45-27-31-47(32-28-45)71-59(67)39-21-23-40(24-22-39)60(68)72-48-33-29-46(30-34-48)62(44-15-7-4-8-16-44)58(66)54-36-26-42(38-56(64)70-2)50-18-10-12-20-52(50)54/h3-8,13-16,25-36,39-40H,9-12,17-24,37-38H2,1-2H3/t39-,40-. The fourth-order valence-corrected chi connectivity index (χ4v) is 10.5. The third kappa shape index (κ3) is 10.9. The van der Waals surface area contributed by atoms with Crippen molar-refractivity contribution in [2.24, 2.45) is 11.8 Å². The van der Waals surface area contributed by atoms with Crippen molar-refractivity contribution < 1.29 is 47.7 Å². The zero-order valence-electron chi connectivity index (χ0n) is 40.7. The fourth-order valence-electron chi connectivity index (χ4n) is 10.5. The van der Waals surface area contributed by atoms with E-state index in [-0.39, 0.29) is 48.5 Å². The van der Waals surface area contributed by atoms with Crippen molar-refractivity contribution in [3.63, 3.8) is 0 Å². The van der Waals surface area contributed by atoms with Gasteiger partial charge in [0.1, 0.15) is 11.5 Å².